The van der Waals surface area contributed by atoms with Crippen LogP contribution < -0.4 is 0 Å². The van der Waals surface area contributed by atoms with Crippen LogP contribution in [0.2, 0.25) is 0 Å². The van der Waals surface area contributed by atoms with E-state index in [1.165, 1.54) is 7.11 Å². The number of amidine groups is 1. The second kappa shape index (κ2) is 7.77. The third-order valence-electron chi connectivity index (χ3n) is 5.41. The second-order valence-corrected chi connectivity index (χ2v) is 7.46. The Morgan fingerprint density at radius 3 is 2.94 bits per heavy atom. The second-order valence-electron chi connectivity index (χ2n) is 7.46. The number of pyridine rings is 1. The van der Waals surface area contributed by atoms with E-state index in [1.54, 1.807) is 17.2 Å². The molecule has 4 heterocycles. The molecule has 0 N–H and O–H groups in total. The van der Waals surface area contributed by atoms with Crippen LogP contribution in [0, 0.1) is 11.6 Å². The van der Waals surface area contributed by atoms with Crippen molar-refractivity contribution in [2.24, 2.45) is 4.99 Å². The summed E-state index contributed by atoms with van der Waals surface area (Å²) in [7, 11) is 1.52. The highest BCUT2D eigenvalue weighted by Crippen LogP contribution is 2.38. The van der Waals surface area contributed by atoms with Crippen LogP contribution in [0.25, 0.3) is 11.5 Å². The fourth-order valence-corrected chi connectivity index (χ4v) is 4.05. The van der Waals surface area contributed by atoms with Gasteiger partial charge in [-0.25, -0.2) is 13.2 Å². The van der Waals surface area contributed by atoms with Crippen molar-refractivity contribution in [1.82, 2.24) is 20.1 Å². The van der Waals surface area contributed by atoms with Gasteiger partial charge in [0.05, 0.1) is 30.4 Å². The molecule has 31 heavy (non-hydrogen) atoms. The molecular weight excluding hydrogens is 411 g/mol. The van der Waals surface area contributed by atoms with Crippen LogP contribution in [-0.4, -0.2) is 45.7 Å². The number of nitrogens with zero attached hydrogens (tertiary/aromatic N) is 5. The normalized spacial score (nSPS) is 20.3. The lowest BCUT2D eigenvalue weighted by atomic mass is 10.0. The maximum atomic E-state index is 14.4. The fourth-order valence-electron chi connectivity index (χ4n) is 4.05. The summed E-state index contributed by atoms with van der Waals surface area (Å²) in [6.07, 6.45) is 0.460. The minimum absolute atomic E-state index is 0.0294. The molecule has 2 atom stereocenters. The summed E-state index contributed by atoms with van der Waals surface area (Å²) in [5.74, 6) is -0.0541. The van der Waals surface area contributed by atoms with Gasteiger partial charge in [0.1, 0.15) is 30.2 Å². The van der Waals surface area contributed by atoms with Crippen molar-refractivity contribution in [2.45, 2.75) is 31.8 Å². The zero-order chi connectivity index (χ0) is 21.5. The Morgan fingerprint density at radius 2 is 2.10 bits per heavy atom. The third-order valence-corrected chi connectivity index (χ3v) is 5.41. The minimum Gasteiger partial charge on any atom is -0.418 e. The lowest BCUT2D eigenvalue weighted by Gasteiger charge is -2.27. The van der Waals surface area contributed by atoms with Crippen molar-refractivity contribution in [2.75, 3.05) is 13.7 Å². The molecule has 0 radical (unpaired) electrons. The first-order valence-electron chi connectivity index (χ1n) is 9.74. The average molecular weight is 429 g/mol. The first-order chi connectivity index (χ1) is 15.0. The summed E-state index contributed by atoms with van der Waals surface area (Å²) < 4.78 is 53.2. The molecule has 5 rings (SSSR count). The molecule has 1 fully saturated rings. The molecule has 0 amide bonds. The highest BCUT2D eigenvalue weighted by atomic mass is 19.1. The molecule has 10 heteroatoms. The molecule has 1 saturated heterocycles. The summed E-state index contributed by atoms with van der Waals surface area (Å²) in [6, 6.07) is 4.35. The van der Waals surface area contributed by atoms with Crippen molar-refractivity contribution in [3.8, 4) is 11.5 Å². The Hall–Kier alpha value is -3.27. The molecule has 2 aliphatic heterocycles. The van der Waals surface area contributed by atoms with Crippen LogP contribution in [-0.2, 0) is 17.9 Å². The van der Waals surface area contributed by atoms with E-state index >= 15 is 0 Å². The van der Waals surface area contributed by atoms with E-state index < -0.39 is 23.8 Å². The predicted octanol–water partition coefficient (Wildman–Crippen LogP) is 3.60. The first-order valence-corrected chi connectivity index (χ1v) is 9.74. The molecule has 160 valence electrons. The van der Waals surface area contributed by atoms with Gasteiger partial charge in [-0.3, -0.25) is 9.98 Å². The van der Waals surface area contributed by atoms with Gasteiger partial charge in [0.2, 0.25) is 11.8 Å². The number of benzene rings is 1. The van der Waals surface area contributed by atoms with Crippen LogP contribution in [0.5, 0.6) is 0 Å². The number of alkyl halides is 1. The molecule has 0 bridgehead atoms. The molecule has 2 aliphatic rings. The van der Waals surface area contributed by atoms with E-state index in [2.05, 4.69) is 20.2 Å². The van der Waals surface area contributed by atoms with Crippen LogP contribution >= 0.6 is 0 Å². The largest absolute Gasteiger partial charge is 0.418 e. The Labute approximate surface area is 175 Å². The van der Waals surface area contributed by atoms with Crippen LogP contribution in [0.15, 0.2) is 39.9 Å². The fraction of sp³-hybridized carbons (Fsp3) is 0.333. The molecular formula is C21H18F3N5O2. The van der Waals surface area contributed by atoms with Crippen molar-refractivity contribution in [1.29, 1.82) is 0 Å². The van der Waals surface area contributed by atoms with E-state index in [0.717, 1.165) is 18.2 Å². The summed E-state index contributed by atoms with van der Waals surface area (Å²) in [5, 5.41) is 7.92. The first kappa shape index (κ1) is 19.7. The number of hydrogen-bond donors (Lipinski definition) is 0. The van der Waals surface area contributed by atoms with Crippen molar-refractivity contribution in [3.63, 3.8) is 0 Å². The van der Waals surface area contributed by atoms with E-state index in [4.69, 9.17) is 9.15 Å². The molecule has 0 saturated carbocycles. The van der Waals surface area contributed by atoms with Gasteiger partial charge in [-0.1, -0.05) is 0 Å². The molecule has 3 aromatic rings. The summed E-state index contributed by atoms with van der Waals surface area (Å²) >= 11 is 0. The van der Waals surface area contributed by atoms with Gasteiger partial charge in [-0.15, -0.1) is 10.2 Å². The van der Waals surface area contributed by atoms with E-state index in [1.807, 2.05) is 0 Å². The Balaban J connectivity index is 1.50. The molecule has 0 aliphatic carbocycles. The standard InChI is InChI=1S/C21H18F3N5O2/c1-30-10-19-27-28-21(31-19)11-4-15-17(25-7-11)8-26-20(15)29-9-13(23)6-18(29)14-5-12(22)2-3-16(14)24/h2-5,7,13,18H,6,8-10H2,1H3/t13-,18+/m0/s1. The van der Waals surface area contributed by atoms with Crippen LogP contribution in [0.4, 0.5) is 13.2 Å². The minimum atomic E-state index is -1.19. The van der Waals surface area contributed by atoms with E-state index in [0.29, 0.717) is 35.1 Å². The Morgan fingerprint density at radius 1 is 1.23 bits per heavy atom. The average Bonchev–Trinajstić information content (AvgIpc) is 3.47. The van der Waals surface area contributed by atoms with Gasteiger partial charge in [0.25, 0.3) is 0 Å². The number of aliphatic imine (C=N–C) groups is 1. The summed E-state index contributed by atoms with van der Waals surface area (Å²) in [6.45, 7) is 0.530. The highest BCUT2D eigenvalue weighted by Gasteiger charge is 2.39. The number of ether oxygens (including phenoxy) is 1. The van der Waals surface area contributed by atoms with E-state index in [-0.39, 0.29) is 31.0 Å². The van der Waals surface area contributed by atoms with Gasteiger partial charge >= 0.3 is 0 Å². The zero-order valence-corrected chi connectivity index (χ0v) is 16.6. The lowest BCUT2D eigenvalue weighted by Crippen LogP contribution is -2.32. The predicted molar refractivity (Wildman–Crippen MR) is 104 cm³/mol. The lowest BCUT2D eigenvalue weighted by molar-refractivity contribution is 0.160. The topological polar surface area (TPSA) is 76.6 Å². The molecule has 7 nitrogen and oxygen atoms in total. The quantitative estimate of drug-likeness (QED) is 0.631. The third kappa shape index (κ3) is 3.56. The van der Waals surface area contributed by atoms with Gasteiger partial charge in [0.15, 0.2) is 0 Å². The van der Waals surface area contributed by atoms with Gasteiger partial charge in [0, 0.05) is 30.9 Å². The summed E-state index contributed by atoms with van der Waals surface area (Å²) in [5.41, 5.74) is 2.07. The number of hydrogen-bond acceptors (Lipinski definition) is 7. The van der Waals surface area contributed by atoms with E-state index in [9.17, 15) is 13.2 Å². The van der Waals surface area contributed by atoms with Crippen molar-refractivity contribution >= 4 is 5.84 Å². The van der Waals surface area contributed by atoms with Gasteiger partial charge in [-0.05, 0) is 24.3 Å². The zero-order valence-electron chi connectivity index (χ0n) is 16.6. The van der Waals surface area contributed by atoms with Crippen molar-refractivity contribution < 1.29 is 22.3 Å². The Kier molecular flexibility index (Phi) is 4.93. The monoisotopic (exact) mass is 429 g/mol. The molecule has 2 aromatic heterocycles. The number of fused-ring (bicyclic) bond motifs is 1. The number of rotatable bonds is 4. The molecule has 1 aromatic carbocycles. The van der Waals surface area contributed by atoms with Crippen LogP contribution in [0.3, 0.4) is 0 Å². The number of likely N-dealkylation sites (tertiary alicyclic amines) is 1. The maximum absolute atomic E-state index is 14.4. The van der Waals surface area contributed by atoms with Crippen LogP contribution in [0.1, 0.15) is 35.2 Å². The van der Waals surface area contributed by atoms with Gasteiger partial charge < -0.3 is 14.1 Å². The smallest absolute Gasteiger partial charge is 0.249 e. The number of aromatic nitrogens is 3. The molecule has 0 spiro atoms. The number of methoxy groups -OCH3 is 1. The SMILES string of the molecule is COCc1nnc(-c2cnc3c(c2)C(N2C[C@@H](F)C[C@@H]2c2cc(F)ccc2F)=NC3)o1. The summed E-state index contributed by atoms with van der Waals surface area (Å²) in [4.78, 5) is 10.6. The molecule has 0 unspecified atom stereocenters. The maximum Gasteiger partial charge on any atom is 0.249 e. The Bertz CT molecular complexity index is 1170. The highest BCUT2D eigenvalue weighted by molar-refractivity contribution is 6.02. The van der Waals surface area contributed by atoms with Gasteiger partial charge in [-0.2, -0.15) is 0 Å². The van der Waals surface area contributed by atoms with Crippen molar-refractivity contribution in [3.05, 3.63) is 64.8 Å². The number of halogens is 3.